The molecule has 0 spiro atoms. The zero-order chi connectivity index (χ0) is 31.0. The Balaban J connectivity index is 1.47. The smallest absolute Gasteiger partial charge is 0.254 e. The fourth-order valence-electron chi connectivity index (χ4n) is 4.98. The number of nitrogens with zero attached hydrogens (tertiary/aromatic N) is 2. The van der Waals surface area contributed by atoms with Crippen LogP contribution in [0.15, 0.2) is 79.1 Å². The van der Waals surface area contributed by atoms with E-state index in [2.05, 4.69) is 20.9 Å². The molecule has 3 unspecified atom stereocenters. The molecule has 3 aromatic rings. The lowest BCUT2D eigenvalue weighted by atomic mass is 9.97. The Morgan fingerprint density at radius 1 is 1.00 bits per heavy atom. The van der Waals surface area contributed by atoms with Crippen molar-refractivity contribution in [2.24, 2.45) is 0 Å². The van der Waals surface area contributed by atoms with Crippen LogP contribution < -0.4 is 16.0 Å². The Morgan fingerprint density at radius 3 is 2.37 bits per heavy atom. The second-order valence-electron chi connectivity index (χ2n) is 11.0. The second kappa shape index (κ2) is 14.3. The molecule has 0 aliphatic carbocycles. The molecule has 1 saturated heterocycles. The predicted octanol–water partition coefficient (Wildman–Crippen LogP) is 2.20. The van der Waals surface area contributed by atoms with Gasteiger partial charge in [0, 0.05) is 29.2 Å². The molecule has 0 radical (unpaired) electrons. The Kier molecular flexibility index (Phi) is 10.5. The highest BCUT2D eigenvalue weighted by Crippen LogP contribution is 2.40. The summed E-state index contributed by atoms with van der Waals surface area (Å²) >= 11 is 1.45. The normalized spacial score (nSPS) is 17.0. The van der Waals surface area contributed by atoms with Gasteiger partial charge in [0.25, 0.3) is 11.8 Å². The van der Waals surface area contributed by atoms with Crippen LogP contribution in [0.4, 0.5) is 0 Å². The number of hydrogen-bond donors (Lipinski definition) is 4. The first-order chi connectivity index (χ1) is 20.6. The van der Waals surface area contributed by atoms with Crippen LogP contribution in [0, 0.1) is 6.92 Å². The van der Waals surface area contributed by atoms with Gasteiger partial charge in [0.2, 0.25) is 11.8 Å². The minimum absolute atomic E-state index is 0.159. The van der Waals surface area contributed by atoms with Crippen LogP contribution in [-0.4, -0.2) is 74.0 Å². The third kappa shape index (κ3) is 8.20. The Bertz CT molecular complexity index is 1440. The van der Waals surface area contributed by atoms with Gasteiger partial charge >= 0.3 is 0 Å². The number of aromatic nitrogens is 1. The number of benzene rings is 2. The lowest BCUT2D eigenvalue weighted by Gasteiger charge is -2.33. The van der Waals surface area contributed by atoms with Gasteiger partial charge in [-0.25, -0.2) is 0 Å². The van der Waals surface area contributed by atoms with Gasteiger partial charge in [0.05, 0.1) is 18.5 Å². The molecule has 4 amide bonds. The Labute approximate surface area is 255 Å². The molecule has 0 bridgehead atoms. The van der Waals surface area contributed by atoms with Crippen molar-refractivity contribution < 1.29 is 24.3 Å². The number of aryl methyl sites for hydroxylation is 1. The summed E-state index contributed by atoms with van der Waals surface area (Å²) in [6.45, 7) is 5.71. The van der Waals surface area contributed by atoms with Crippen molar-refractivity contribution in [1.29, 1.82) is 0 Å². The highest BCUT2D eigenvalue weighted by molar-refractivity contribution is 8.00. The summed E-state index contributed by atoms with van der Waals surface area (Å²) in [6, 6.07) is 18.1. The number of nitrogens with one attached hydrogen (secondary N) is 3. The quantitative estimate of drug-likeness (QED) is 0.263. The largest absolute Gasteiger partial charge is 0.381 e. The van der Waals surface area contributed by atoms with Gasteiger partial charge in [0.15, 0.2) is 6.10 Å². The topological polar surface area (TPSA) is 141 Å². The number of aliphatic hydroxyl groups excluding tert-OH is 1. The summed E-state index contributed by atoms with van der Waals surface area (Å²) in [7, 11) is 0. The SMILES string of the molecule is Cc1ccccc1CNC(=O)C1N(C(=O)C(O)C(Cc2ccccc2)NC(=O)CNC(=O)c2ccncc2)CSC1(C)C. The standard InChI is InChI=1S/C32H37N5O5S/c1-21-9-7-8-12-24(21)18-34-30(41)28-32(2,3)43-20-37(28)31(42)27(39)25(17-22-10-5-4-6-11-22)36-26(38)19-35-29(40)23-13-15-33-16-14-23/h4-16,25,27-28,39H,17-20H2,1-3H3,(H,34,41)(H,35,40)(H,36,38). The highest BCUT2D eigenvalue weighted by Gasteiger charge is 2.49. The summed E-state index contributed by atoms with van der Waals surface area (Å²) in [6.07, 6.45) is 1.47. The summed E-state index contributed by atoms with van der Waals surface area (Å²) in [5, 5.41) is 19.6. The van der Waals surface area contributed by atoms with Crippen molar-refractivity contribution in [3.05, 3.63) is 101 Å². The summed E-state index contributed by atoms with van der Waals surface area (Å²) < 4.78 is -0.611. The van der Waals surface area contributed by atoms with Crippen molar-refractivity contribution in [2.45, 2.75) is 56.7 Å². The predicted molar refractivity (Wildman–Crippen MR) is 165 cm³/mol. The molecule has 0 saturated carbocycles. The first-order valence-corrected chi connectivity index (χ1v) is 15.0. The number of rotatable bonds is 11. The van der Waals surface area contributed by atoms with E-state index >= 15 is 0 Å². The first-order valence-electron chi connectivity index (χ1n) is 14.0. The van der Waals surface area contributed by atoms with Gasteiger partial charge in [-0.15, -0.1) is 11.8 Å². The molecule has 10 nitrogen and oxygen atoms in total. The molecule has 2 aromatic carbocycles. The van der Waals surface area contributed by atoms with E-state index in [-0.39, 0.29) is 24.7 Å². The third-order valence-electron chi connectivity index (χ3n) is 7.42. The zero-order valence-corrected chi connectivity index (χ0v) is 25.3. The van der Waals surface area contributed by atoms with Gasteiger partial charge in [-0.1, -0.05) is 54.6 Å². The number of carbonyl (C=O) groups excluding carboxylic acids is 4. The van der Waals surface area contributed by atoms with E-state index in [1.165, 1.54) is 41.2 Å². The average molecular weight is 604 g/mol. The maximum absolute atomic E-state index is 13.8. The molecule has 1 fully saturated rings. The van der Waals surface area contributed by atoms with Gasteiger partial charge in [0.1, 0.15) is 6.04 Å². The fourth-order valence-corrected chi connectivity index (χ4v) is 6.12. The number of aliphatic hydroxyl groups is 1. The number of carbonyl (C=O) groups is 4. The highest BCUT2D eigenvalue weighted by atomic mass is 32.2. The van der Waals surface area contributed by atoms with Gasteiger partial charge < -0.3 is 26.0 Å². The number of thioether (sulfide) groups is 1. The number of hydrogen-bond acceptors (Lipinski definition) is 7. The third-order valence-corrected chi connectivity index (χ3v) is 8.80. The maximum atomic E-state index is 13.8. The molecular weight excluding hydrogens is 566 g/mol. The van der Waals surface area contributed by atoms with E-state index in [1.54, 1.807) is 0 Å². The summed E-state index contributed by atoms with van der Waals surface area (Å²) in [5.41, 5.74) is 3.16. The van der Waals surface area contributed by atoms with Crippen molar-refractivity contribution in [3.63, 3.8) is 0 Å². The average Bonchev–Trinajstić information content (AvgIpc) is 3.33. The monoisotopic (exact) mass is 603 g/mol. The van der Waals surface area contributed by atoms with Crippen LogP contribution in [0.5, 0.6) is 0 Å². The van der Waals surface area contributed by atoms with E-state index in [0.717, 1.165) is 16.7 Å². The number of pyridine rings is 1. The van der Waals surface area contributed by atoms with Crippen LogP contribution in [0.2, 0.25) is 0 Å². The van der Waals surface area contributed by atoms with Gasteiger partial charge in [-0.05, 0) is 56.0 Å². The van der Waals surface area contributed by atoms with E-state index in [1.807, 2.05) is 75.4 Å². The van der Waals surface area contributed by atoms with E-state index < -0.39 is 40.7 Å². The van der Waals surface area contributed by atoms with Crippen LogP contribution in [0.1, 0.15) is 40.9 Å². The van der Waals surface area contributed by atoms with Gasteiger partial charge in [-0.3, -0.25) is 24.2 Å². The van der Waals surface area contributed by atoms with Crippen LogP contribution >= 0.6 is 11.8 Å². The fraction of sp³-hybridized carbons (Fsp3) is 0.344. The van der Waals surface area contributed by atoms with Crippen molar-refractivity contribution in [1.82, 2.24) is 25.8 Å². The summed E-state index contributed by atoms with van der Waals surface area (Å²) in [5.74, 6) is -1.79. The lowest BCUT2D eigenvalue weighted by Crippen LogP contribution is -2.59. The molecule has 1 aromatic heterocycles. The Morgan fingerprint density at radius 2 is 1.67 bits per heavy atom. The minimum Gasteiger partial charge on any atom is -0.381 e. The molecule has 1 aliphatic heterocycles. The molecule has 2 heterocycles. The van der Waals surface area contributed by atoms with E-state index in [4.69, 9.17) is 0 Å². The molecule has 43 heavy (non-hydrogen) atoms. The van der Waals surface area contributed by atoms with E-state index in [0.29, 0.717) is 12.1 Å². The molecule has 3 atom stereocenters. The van der Waals surface area contributed by atoms with Crippen molar-refractivity contribution in [2.75, 3.05) is 12.4 Å². The summed E-state index contributed by atoms with van der Waals surface area (Å²) in [4.78, 5) is 57.8. The Hall–Kier alpha value is -4.22. The molecule has 4 N–H and O–H groups in total. The van der Waals surface area contributed by atoms with E-state index in [9.17, 15) is 24.3 Å². The minimum atomic E-state index is -1.64. The molecule has 226 valence electrons. The maximum Gasteiger partial charge on any atom is 0.254 e. The molecule has 1 aliphatic rings. The van der Waals surface area contributed by atoms with Crippen molar-refractivity contribution >= 4 is 35.4 Å². The van der Waals surface area contributed by atoms with Crippen LogP contribution in [0.3, 0.4) is 0 Å². The molecule has 11 heteroatoms. The number of amides is 4. The molecule has 4 rings (SSSR count). The van der Waals surface area contributed by atoms with Crippen molar-refractivity contribution in [3.8, 4) is 0 Å². The van der Waals surface area contributed by atoms with Crippen LogP contribution in [-0.2, 0) is 27.3 Å². The van der Waals surface area contributed by atoms with Gasteiger partial charge in [-0.2, -0.15) is 0 Å². The lowest BCUT2D eigenvalue weighted by molar-refractivity contribution is -0.147. The second-order valence-corrected chi connectivity index (χ2v) is 12.6. The molecular formula is C32H37N5O5S. The van der Waals surface area contributed by atoms with Crippen LogP contribution in [0.25, 0.3) is 0 Å². The first kappa shape index (κ1) is 31.7. The zero-order valence-electron chi connectivity index (χ0n) is 24.4.